The Morgan fingerprint density at radius 2 is 1.53 bits per heavy atom. The van der Waals surface area contributed by atoms with E-state index in [1.165, 1.54) is 32.4 Å². The van der Waals surface area contributed by atoms with Gasteiger partial charge in [-0.1, -0.05) is 72.3 Å². The van der Waals surface area contributed by atoms with E-state index in [9.17, 15) is 13.2 Å². The summed E-state index contributed by atoms with van der Waals surface area (Å²) in [6.07, 6.45) is 0.0824. The SMILES string of the molecule is COc1ccc(S(=O)(=O)N2C(=O)C[C@H](c3cccc4ccccc34)[C@@H]2c2ccc(C)cc2)cc1OC. The van der Waals surface area contributed by atoms with Gasteiger partial charge in [0.2, 0.25) is 5.91 Å². The minimum Gasteiger partial charge on any atom is -0.493 e. The molecule has 0 N–H and O–H groups in total. The highest BCUT2D eigenvalue weighted by Gasteiger charge is 2.48. The van der Waals surface area contributed by atoms with E-state index in [0.29, 0.717) is 5.75 Å². The summed E-state index contributed by atoms with van der Waals surface area (Å²) in [5.41, 5.74) is 2.78. The number of aryl methyl sites for hydroxylation is 1. The average molecular weight is 502 g/mol. The van der Waals surface area contributed by atoms with E-state index in [1.807, 2.05) is 73.7 Å². The molecule has 36 heavy (non-hydrogen) atoms. The van der Waals surface area contributed by atoms with Crippen LogP contribution in [-0.4, -0.2) is 32.8 Å². The van der Waals surface area contributed by atoms with Crippen molar-refractivity contribution in [3.8, 4) is 11.5 Å². The molecule has 5 rings (SSSR count). The summed E-state index contributed by atoms with van der Waals surface area (Å²) in [5, 5.41) is 2.06. The Kier molecular flexibility index (Phi) is 6.18. The lowest BCUT2D eigenvalue weighted by Crippen LogP contribution is -2.35. The highest BCUT2D eigenvalue weighted by molar-refractivity contribution is 7.89. The van der Waals surface area contributed by atoms with Crippen LogP contribution in [0.15, 0.2) is 89.8 Å². The minimum atomic E-state index is -4.20. The summed E-state index contributed by atoms with van der Waals surface area (Å²) in [6.45, 7) is 1.98. The van der Waals surface area contributed by atoms with E-state index in [-0.39, 0.29) is 23.0 Å². The molecule has 1 saturated heterocycles. The number of benzene rings is 4. The van der Waals surface area contributed by atoms with Crippen molar-refractivity contribution in [1.82, 2.24) is 4.31 Å². The van der Waals surface area contributed by atoms with Crippen LogP contribution in [0.3, 0.4) is 0 Å². The maximum absolute atomic E-state index is 14.0. The maximum Gasteiger partial charge on any atom is 0.267 e. The molecule has 7 heteroatoms. The molecule has 184 valence electrons. The zero-order valence-electron chi connectivity index (χ0n) is 20.3. The third kappa shape index (κ3) is 3.99. The van der Waals surface area contributed by atoms with Crippen molar-refractivity contribution in [2.24, 2.45) is 0 Å². The van der Waals surface area contributed by atoms with E-state index in [4.69, 9.17) is 9.47 Å². The molecule has 1 amide bonds. The number of rotatable bonds is 6. The first kappa shape index (κ1) is 23.9. The molecule has 4 aromatic rings. The number of methoxy groups -OCH3 is 2. The smallest absolute Gasteiger partial charge is 0.267 e. The number of nitrogens with zero attached hydrogens (tertiary/aromatic N) is 1. The first-order valence-electron chi connectivity index (χ1n) is 11.7. The van der Waals surface area contributed by atoms with Crippen molar-refractivity contribution in [3.05, 3.63) is 102 Å². The van der Waals surface area contributed by atoms with E-state index < -0.39 is 22.0 Å². The topological polar surface area (TPSA) is 72.9 Å². The number of sulfonamides is 1. The van der Waals surface area contributed by atoms with Crippen molar-refractivity contribution >= 4 is 26.7 Å². The van der Waals surface area contributed by atoms with Gasteiger partial charge in [-0.25, -0.2) is 12.7 Å². The molecule has 0 bridgehead atoms. The molecular formula is C29H27NO5S. The highest BCUT2D eigenvalue weighted by atomic mass is 32.2. The molecular weight excluding hydrogens is 474 g/mol. The molecule has 1 aliphatic rings. The van der Waals surface area contributed by atoms with Gasteiger partial charge in [-0.15, -0.1) is 0 Å². The average Bonchev–Trinajstić information content (AvgIpc) is 3.25. The predicted octanol–water partition coefficient (Wildman–Crippen LogP) is 5.61. The van der Waals surface area contributed by atoms with Crippen LogP contribution in [-0.2, 0) is 14.8 Å². The molecule has 1 aliphatic heterocycles. The Balaban J connectivity index is 1.69. The van der Waals surface area contributed by atoms with Crippen LogP contribution in [0.5, 0.6) is 11.5 Å². The second kappa shape index (κ2) is 9.32. The molecule has 0 spiro atoms. The second-order valence-electron chi connectivity index (χ2n) is 8.95. The standard InChI is InChI=1S/C29H27NO5S/c1-19-11-13-21(14-12-19)29-25(24-10-6-8-20-7-4-5-9-23(20)24)18-28(31)30(29)36(32,33)22-15-16-26(34-2)27(17-22)35-3/h4-17,25,29H,18H2,1-3H3/t25-,29+/m1/s1. The van der Waals surface area contributed by atoms with Gasteiger partial charge >= 0.3 is 0 Å². The fourth-order valence-corrected chi connectivity index (χ4v) is 6.70. The van der Waals surface area contributed by atoms with Crippen molar-refractivity contribution in [1.29, 1.82) is 0 Å². The molecule has 1 heterocycles. The molecule has 6 nitrogen and oxygen atoms in total. The fourth-order valence-electron chi connectivity index (χ4n) is 5.07. The highest BCUT2D eigenvalue weighted by Crippen LogP contribution is 2.49. The summed E-state index contributed by atoms with van der Waals surface area (Å²) < 4.78 is 39.7. The van der Waals surface area contributed by atoms with Crippen molar-refractivity contribution in [3.63, 3.8) is 0 Å². The van der Waals surface area contributed by atoms with Crippen LogP contribution in [0.4, 0.5) is 0 Å². The number of fused-ring (bicyclic) bond motifs is 1. The Morgan fingerprint density at radius 3 is 2.25 bits per heavy atom. The lowest BCUT2D eigenvalue weighted by Gasteiger charge is -2.29. The van der Waals surface area contributed by atoms with Gasteiger partial charge in [-0.2, -0.15) is 0 Å². The summed E-state index contributed by atoms with van der Waals surface area (Å²) in [5.74, 6) is -0.0925. The monoisotopic (exact) mass is 501 g/mol. The zero-order valence-corrected chi connectivity index (χ0v) is 21.2. The Hall–Kier alpha value is -3.84. The molecule has 1 fully saturated rings. The number of ether oxygens (including phenoxy) is 2. The molecule has 0 aromatic heterocycles. The summed E-state index contributed by atoms with van der Waals surface area (Å²) in [7, 11) is -1.27. The Labute approximate surface area is 211 Å². The Bertz CT molecular complexity index is 1540. The predicted molar refractivity (Wildman–Crippen MR) is 139 cm³/mol. The fraction of sp³-hybridized carbons (Fsp3) is 0.207. The Morgan fingerprint density at radius 1 is 0.833 bits per heavy atom. The van der Waals surface area contributed by atoms with Crippen LogP contribution in [0.2, 0.25) is 0 Å². The van der Waals surface area contributed by atoms with Gasteiger partial charge in [-0.05, 0) is 41.0 Å². The van der Waals surface area contributed by atoms with E-state index in [1.54, 1.807) is 0 Å². The van der Waals surface area contributed by atoms with Gasteiger partial charge in [0.25, 0.3) is 10.0 Å². The van der Waals surface area contributed by atoms with Gasteiger partial charge < -0.3 is 9.47 Å². The third-order valence-corrected chi connectivity index (χ3v) is 8.63. The molecule has 2 atom stereocenters. The number of hydrogen-bond donors (Lipinski definition) is 0. The zero-order chi connectivity index (χ0) is 25.4. The molecule has 4 aromatic carbocycles. The van der Waals surface area contributed by atoms with E-state index in [0.717, 1.165) is 31.8 Å². The molecule has 0 radical (unpaired) electrons. The van der Waals surface area contributed by atoms with Crippen LogP contribution < -0.4 is 9.47 Å². The third-order valence-electron chi connectivity index (χ3n) is 6.83. The first-order valence-corrected chi connectivity index (χ1v) is 13.1. The quantitative estimate of drug-likeness (QED) is 0.343. The van der Waals surface area contributed by atoms with Crippen LogP contribution in [0, 0.1) is 6.92 Å². The summed E-state index contributed by atoms with van der Waals surface area (Å²) in [4.78, 5) is 13.5. The molecule has 0 saturated carbocycles. The van der Waals surface area contributed by atoms with Gasteiger partial charge in [0.05, 0.1) is 25.2 Å². The maximum atomic E-state index is 14.0. The second-order valence-corrected chi connectivity index (χ2v) is 10.8. The van der Waals surface area contributed by atoms with E-state index >= 15 is 0 Å². The van der Waals surface area contributed by atoms with Crippen molar-refractivity contribution in [2.45, 2.75) is 30.2 Å². The van der Waals surface area contributed by atoms with Gasteiger partial charge in [0.15, 0.2) is 11.5 Å². The largest absolute Gasteiger partial charge is 0.493 e. The van der Waals surface area contributed by atoms with E-state index in [2.05, 4.69) is 0 Å². The van der Waals surface area contributed by atoms with Crippen molar-refractivity contribution < 1.29 is 22.7 Å². The van der Waals surface area contributed by atoms with Gasteiger partial charge in [-0.3, -0.25) is 4.79 Å². The first-order chi connectivity index (χ1) is 17.3. The number of carbonyl (C=O) groups excluding carboxylic acids is 1. The molecule has 0 aliphatic carbocycles. The summed E-state index contributed by atoms with van der Waals surface area (Å²) >= 11 is 0. The van der Waals surface area contributed by atoms with Crippen molar-refractivity contribution in [2.75, 3.05) is 14.2 Å². The summed E-state index contributed by atoms with van der Waals surface area (Å²) in [6, 6.07) is 25.3. The van der Waals surface area contributed by atoms with Gasteiger partial charge in [0.1, 0.15) is 0 Å². The minimum absolute atomic E-state index is 0.0239. The lowest BCUT2D eigenvalue weighted by atomic mass is 9.85. The number of amides is 1. The number of hydrogen-bond acceptors (Lipinski definition) is 5. The normalized spacial score (nSPS) is 18.0. The number of carbonyl (C=O) groups is 1. The molecule has 0 unspecified atom stereocenters. The van der Waals surface area contributed by atoms with Gasteiger partial charge in [0, 0.05) is 18.4 Å². The van der Waals surface area contributed by atoms with Crippen LogP contribution in [0.1, 0.15) is 35.1 Å². The lowest BCUT2D eigenvalue weighted by molar-refractivity contribution is -0.124. The van der Waals surface area contributed by atoms with Crippen LogP contribution >= 0.6 is 0 Å². The van der Waals surface area contributed by atoms with Crippen LogP contribution in [0.25, 0.3) is 10.8 Å².